The molecule has 0 spiro atoms. The maximum Gasteiger partial charge on any atom is 0.253 e. The van der Waals surface area contributed by atoms with Crippen LogP contribution in [0.5, 0.6) is 0 Å². The van der Waals surface area contributed by atoms with Gasteiger partial charge in [0.05, 0.1) is 0 Å². The van der Waals surface area contributed by atoms with Crippen LogP contribution in [0.4, 0.5) is 4.39 Å². The normalized spacial score (nSPS) is 24.2. The standard InChI is InChI=1S/C30H39FN2O2/c1-4-29(34)32-19-21-7-15-26(17-21)33(3)30(35)24-12-10-23(11-13-24)27-16-14-25(18-28(27)31)22-8-5-20(2)6-9-22/h10-14,16,18,20-22,26H,4-9,15,17,19H2,1-3H3,(H,32,34). The predicted molar refractivity (Wildman–Crippen MR) is 139 cm³/mol. The average Bonchev–Trinajstić information content (AvgIpc) is 3.36. The summed E-state index contributed by atoms with van der Waals surface area (Å²) in [6.45, 7) is 4.84. The number of benzene rings is 2. The molecule has 35 heavy (non-hydrogen) atoms. The monoisotopic (exact) mass is 478 g/mol. The highest BCUT2D eigenvalue weighted by atomic mass is 19.1. The molecule has 188 valence electrons. The highest BCUT2D eigenvalue weighted by molar-refractivity contribution is 5.94. The summed E-state index contributed by atoms with van der Waals surface area (Å²) in [6.07, 6.45) is 8.08. The quantitative estimate of drug-likeness (QED) is 0.490. The van der Waals surface area contributed by atoms with E-state index in [0.717, 1.165) is 49.1 Å². The first kappa shape index (κ1) is 25.4. The van der Waals surface area contributed by atoms with Gasteiger partial charge < -0.3 is 10.2 Å². The number of halogens is 1. The van der Waals surface area contributed by atoms with E-state index in [1.165, 1.54) is 12.8 Å². The Kier molecular flexibility index (Phi) is 8.25. The van der Waals surface area contributed by atoms with Gasteiger partial charge in [0.25, 0.3) is 5.91 Å². The van der Waals surface area contributed by atoms with Crippen LogP contribution in [0.1, 0.15) is 87.1 Å². The summed E-state index contributed by atoms with van der Waals surface area (Å²) in [5, 5.41) is 2.97. The van der Waals surface area contributed by atoms with Crippen LogP contribution in [0.15, 0.2) is 42.5 Å². The minimum absolute atomic E-state index is 0.0119. The number of nitrogens with zero attached hydrogens (tertiary/aromatic N) is 1. The topological polar surface area (TPSA) is 49.4 Å². The van der Waals surface area contributed by atoms with E-state index in [-0.39, 0.29) is 23.7 Å². The van der Waals surface area contributed by atoms with Crippen molar-refractivity contribution in [3.05, 3.63) is 59.4 Å². The van der Waals surface area contributed by atoms with Crippen LogP contribution < -0.4 is 5.32 Å². The molecule has 2 saturated carbocycles. The Morgan fingerprint density at radius 3 is 2.37 bits per heavy atom. The third-order valence-electron chi connectivity index (χ3n) is 8.21. The Bertz CT molecular complexity index is 1030. The summed E-state index contributed by atoms with van der Waals surface area (Å²) >= 11 is 0. The Morgan fingerprint density at radius 1 is 1.00 bits per heavy atom. The molecule has 5 heteroatoms. The molecule has 0 saturated heterocycles. The second-order valence-corrected chi connectivity index (χ2v) is 10.7. The predicted octanol–water partition coefficient (Wildman–Crippen LogP) is 6.55. The van der Waals surface area contributed by atoms with Gasteiger partial charge in [0.15, 0.2) is 0 Å². The minimum Gasteiger partial charge on any atom is -0.356 e. The van der Waals surface area contributed by atoms with Gasteiger partial charge in [-0.1, -0.05) is 51.0 Å². The van der Waals surface area contributed by atoms with E-state index in [0.29, 0.717) is 35.9 Å². The lowest BCUT2D eigenvalue weighted by Crippen LogP contribution is -2.36. The number of rotatable bonds is 7. The van der Waals surface area contributed by atoms with Gasteiger partial charge in [-0.25, -0.2) is 4.39 Å². The molecule has 2 aliphatic carbocycles. The molecule has 0 aromatic heterocycles. The molecule has 2 atom stereocenters. The first-order valence-corrected chi connectivity index (χ1v) is 13.3. The van der Waals surface area contributed by atoms with Gasteiger partial charge in [-0.05, 0) is 79.2 Å². The molecule has 2 fully saturated rings. The summed E-state index contributed by atoms with van der Waals surface area (Å²) in [5.74, 6) is 1.53. The van der Waals surface area contributed by atoms with Gasteiger partial charge in [-0.15, -0.1) is 0 Å². The van der Waals surface area contributed by atoms with Crippen molar-refractivity contribution in [1.82, 2.24) is 10.2 Å². The van der Waals surface area contributed by atoms with Crippen LogP contribution in [0.3, 0.4) is 0 Å². The van der Waals surface area contributed by atoms with Crippen molar-refractivity contribution in [1.29, 1.82) is 0 Å². The van der Waals surface area contributed by atoms with Crippen LogP contribution in [0, 0.1) is 17.7 Å². The van der Waals surface area contributed by atoms with Crippen LogP contribution in [0.2, 0.25) is 0 Å². The van der Waals surface area contributed by atoms with Crippen molar-refractivity contribution < 1.29 is 14.0 Å². The molecule has 2 aromatic carbocycles. The molecule has 2 aromatic rings. The fourth-order valence-electron chi connectivity index (χ4n) is 5.74. The van der Waals surface area contributed by atoms with Crippen molar-refractivity contribution in [2.24, 2.45) is 11.8 Å². The summed E-state index contributed by atoms with van der Waals surface area (Å²) in [5.41, 5.74) is 3.10. The molecule has 2 aliphatic rings. The van der Waals surface area contributed by atoms with Gasteiger partial charge >= 0.3 is 0 Å². The largest absolute Gasteiger partial charge is 0.356 e. The first-order chi connectivity index (χ1) is 16.9. The van der Waals surface area contributed by atoms with Gasteiger partial charge in [-0.2, -0.15) is 0 Å². The third-order valence-corrected chi connectivity index (χ3v) is 8.21. The van der Waals surface area contributed by atoms with E-state index in [1.54, 1.807) is 18.2 Å². The summed E-state index contributed by atoms with van der Waals surface area (Å²) in [6, 6.07) is 13.2. The second-order valence-electron chi connectivity index (χ2n) is 10.7. The molecule has 0 aliphatic heterocycles. The lowest BCUT2D eigenvalue weighted by Gasteiger charge is -2.26. The number of hydrogen-bond acceptors (Lipinski definition) is 2. The van der Waals surface area contributed by atoms with E-state index < -0.39 is 0 Å². The molecule has 0 bridgehead atoms. The Hall–Kier alpha value is -2.69. The fourth-order valence-corrected chi connectivity index (χ4v) is 5.74. The van der Waals surface area contributed by atoms with Crippen molar-refractivity contribution in [3.8, 4) is 11.1 Å². The molecular weight excluding hydrogens is 439 g/mol. The summed E-state index contributed by atoms with van der Waals surface area (Å²) in [7, 11) is 1.86. The van der Waals surface area contributed by atoms with E-state index in [9.17, 15) is 9.59 Å². The van der Waals surface area contributed by atoms with E-state index >= 15 is 4.39 Å². The van der Waals surface area contributed by atoms with Gasteiger partial charge in [-0.3, -0.25) is 9.59 Å². The SMILES string of the molecule is CCC(=O)NCC1CCC(N(C)C(=O)c2ccc(-c3ccc(C4CCC(C)CC4)cc3F)cc2)C1. The van der Waals surface area contributed by atoms with E-state index in [2.05, 4.69) is 18.3 Å². The highest BCUT2D eigenvalue weighted by Gasteiger charge is 2.30. The lowest BCUT2D eigenvalue weighted by atomic mass is 9.79. The van der Waals surface area contributed by atoms with Crippen molar-refractivity contribution >= 4 is 11.8 Å². The Morgan fingerprint density at radius 2 is 1.71 bits per heavy atom. The summed E-state index contributed by atoms with van der Waals surface area (Å²) in [4.78, 5) is 26.4. The van der Waals surface area contributed by atoms with E-state index in [1.807, 2.05) is 37.1 Å². The van der Waals surface area contributed by atoms with Gasteiger partial charge in [0.2, 0.25) is 5.91 Å². The van der Waals surface area contributed by atoms with Crippen molar-refractivity contribution in [2.45, 2.75) is 77.2 Å². The van der Waals surface area contributed by atoms with Crippen LogP contribution in [0.25, 0.3) is 11.1 Å². The maximum absolute atomic E-state index is 15.0. The van der Waals surface area contributed by atoms with Gasteiger partial charge in [0.1, 0.15) is 5.82 Å². The molecular formula is C30H39FN2O2. The number of carbonyl (C=O) groups excluding carboxylic acids is 2. The molecule has 0 heterocycles. The lowest BCUT2D eigenvalue weighted by molar-refractivity contribution is -0.120. The number of carbonyl (C=O) groups is 2. The number of amides is 2. The van der Waals surface area contributed by atoms with Crippen molar-refractivity contribution in [2.75, 3.05) is 13.6 Å². The fraction of sp³-hybridized carbons (Fsp3) is 0.533. The van der Waals surface area contributed by atoms with Crippen LogP contribution in [-0.2, 0) is 4.79 Å². The maximum atomic E-state index is 15.0. The molecule has 0 radical (unpaired) electrons. The molecule has 2 amide bonds. The minimum atomic E-state index is -0.190. The zero-order chi connectivity index (χ0) is 24.9. The molecule has 4 nitrogen and oxygen atoms in total. The Labute approximate surface area is 209 Å². The average molecular weight is 479 g/mol. The summed E-state index contributed by atoms with van der Waals surface area (Å²) < 4.78 is 15.0. The highest BCUT2D eigenvalue weighted by Crippen LogP contribution is 2.37. The van der Waals surface area contributed by atoms with Crippen molar-refractivity contribution in [3.63, 3.8) is 0 Å². The second kappa shape index (κ2) is 11.4. The zero-order valence-electron chi connectivity index (χ0n) is 21.4. The smallest absolute Gasteiger partial charge is 0.253 e. The Balaban J connectivity index is 1.37. The first-order valence-electron chi connectivity index (χ1n) is 13.3. The third kappa shape index (κ3) is 6.12. The molecule has 2 unspecified atom stereocenters. The molecule has 1 N–H and O–H groups in total. The number of nitrogens with one attached hydrogen (secondary N) is 1. The molecule has 4 rings (SSSR count). The van der Waals surface area contributed by atoms with Crippen LogP contribution >= 0.6 is 0 Å². The van der Waals surface area contributed by atoms with Crippen LogP contribution in [-0.4, -0.2) is 36.3 Å². The number of hydrogen-bond donors (Lipinski definition) is 1. The van der Waals surface area contributed by atoms with Gasteiger partial charge in [0, 0.05) is 37.2 Å². The zero-order valence-corrected chi connectivity index (χ0v) is 21.4. The van der Waals surface area contributed by atoms with E-state index in [4.69, 9.17) is 0 Å².